The molecule has 0 amide bonds. The van der Waals surface area contributed by atoms with Crippen molar-refractivity contribution in [2.24, 2.45) is 10.8 Å². The van der Waals surface area contributed by atoms with Crippen molar-refractivity contribution < 1.29 is 4.52 Å². The Morgan fingerprint density at radius 3 is 2.91 bits per heavy atom. The lowest BCUT2D eigenvalue weighted by Crippen LogP contribution is -2.31. The first-order chi connectivity index (χ1) is 5.27. The van der Waals surface area contributed by atoms with Crippen molar-refractivity contribution in [3.63, 3.8) is 0 Å². The van der Waals surface area contributed by atoms with E-state index in [-0.39, 0.29) is 0 Å². The van der Waals surface area contributed by atoms with E-state index in [1.807, 2.05) is 0 Å². The van der Waals surface area contributed by atoms with Crippen LogP contribution in [0.25, 0.3) is 0 Å². The van der Waals surface area contributed by atoms with Crippen molar-refractivity contribution in [1.29, 1.82) is 0 Å². The van der Waals surface area contributed by atoms with Gasteiger partial charge in [-0.15, -0.1) is 0 Å². The third-order valence-corrected chi connectivity index (χ3v) is 1.23. The first kappa shape index (κ1) is 7.74. The molecule has 0 aliphatic carbocycles. The molecule has 0 aliphatic heterocycles. The number of hydrazine groups is 1. The van der Waals surface area contributed by atoms with Gasteiger partial charge in [0.25, 0.3) is 0 Å². The van der Waals surface area contributed by atoms with Gasteiger partial charge < -0.3 is 9.95 Å². The van der Waals surface area contributed by atoms with Gasteiger partial charge in [-0.25, -0.2) is 5.84 Å². The Morgan fingerprint density at radius 1 is 1.82 bits per heavy atom. The standard InChI is InChI=1S/C6H10N4O/c1-4-3-5(10-11-4)6(8-2)9-7/h3H,7H2,1-2H3,(H,8,9). The fourth-order valence-electron chi connectivity index (χ4n) is 0.731. The van der Waals surface area contributed by atoms with Crippen LogP contribution in [0.2, 0.25) is 0 Å². The highest BCUT2D eigenvalue weighted by atomic mass is 16.5. The molecular formula is C6H10N4O. The molecule has 0 radical (unpaired) electrons. The first-order valence-electron chi connectivity index (χ1n) is 3.15. The third kappa shape index (κ3) is 1.56. The number of rotatable bonds is 1. The van der Waals surface area contributed by atoms with Gasteiger partial charge in [0, 0.05) is 13.1 Å². The quantitative estimate of drug-likeness (QED) is 0.255. The van der Waals surface area contributed by atoms with E-state index in [0.29, 0.717) is 11.5 Å². The van der Waals surface area contributed by atoms with E-state index in [1.54, 1.807) is 20.0 Å². The monoisotopic (exact) mass is 154 g/mol. The van der Waals surface area contributed by atoms with Crippen LogP contribution >= 0.6 is 0 Å². The molecule has 0 spiro atoms. The molecule has 5 heteroatoms. The molecular weight excluding hydrogens is 144 g/mol. The highest BCUT2D eigenvalue weighted by Crippen LogP contribution is 2.00. The number of nitrogens with zero attached hydrogens (tertiary/aromatic N) is 2. The van der Waals surface area contributed by atoms with Crippen molar-refractivity contribution in [3.8, 4) is 0 Å². The smallest absolute Gasteiger partial charge is 0.164 e. The predicted molar refractivity (Wildman–Crippen MR) is 41.0 cm³/mol. The molecule has 0 bridgehead atoms. The molecule has 1 aromatic rings. The fraction of sp³-hybridized carbons (Fsp3) is 0.333. The number of hydrogen-bond acceptors (Lipinski definition) is 4. The molecule has 1 heterocycles. The number of aliphatic imine (C=N–C) groups is 1. The summed E-state index contributed by atoms with van der Waals surface area (Å²) in [5.41, 5.74) is 3.03. The highest BCUT2D eigenvalue weighted by molar-refractivity contribution is 5.96. The Hall–Kier alpha value is -1.36. The van der Waals surface area contributed by atoms with Crippen molar-refractivity contribution in [2.45, 2.75) is 6.92 Å². The summed E-state index contributed by atoms with van der Waals surface area (Å²) in [6, 6.07) is 1.75. The van der Waals surface area contributed by atoms with Crippen LogP contribution in [-0.4, -0.2) is 18.0 Å². The Balaban J connectivity index is 2.91. The summed E-state index contributed by atoms with van der Waals surface area (Å²) in [5.74, 6) is 6.41. The average molecular weight is 154 g/mol. The normalized spacial score (nSPS) is 11.7. The largest absolute Gasteiger partial charge is 0.361 e. The lowest BCUT2D eigenvalue weighted by atomic mass is 10.3. The van der Waals surface area contributed by atoms with Crippen molar-refractivity contribution in [1.82, 2.24) is 10.6 Å². The summed E-state index contributed by atoms with van der Waals surface area (Å²) in [6.45, 7) is 1.81. The Bertz CT molecular complexity index is 265. The van der Waals surface area contributed by atoms with E-state index >= 15 is 0 Å². The number of aryl methyl sites for hydroxylation is 1. The summed E-state index contributed by atoms with van der Waals surface area (Å²) in [6.07, 6.45) is 0. The van der Waals surface area contributed by atoms with Gasteiger partial charge >= 0.3 is 0 Å². The van der Waals surface area contributed by atoms with Crippen LogP contribution in [0.15, 0.2) is 15.6 Å². The molecule has 0 atom stereocenters. The number of nitrogens with one attached hydrogen (secondary N) is 1. The second-order valence-corrected chi connectivity index (χ2v) is 2.04. The van der Waals surface area contributed by atoms with Crippen LogP contribution in [0.1, 0.15) is 11.5 Å². The van der Waals surface area contributed by atoms with Gasteiger partial charge in [-0.05, 0) is 6.92 Å². The van der Waals surface area contributed by atoms with Gasteiger partial charge in [-0.3, -0.25) is 4.99 Å². The van der Waals surface area contributed by atoms with E-state index in [2.05, 4.69) is 15.6 Å². The highest BCUT2D eigenvalue weighted by Gasteiger charge is 2.04. The van der Waals surface area contributed by atoms with Gasteiger partial charge in [0.05, 0.1) is 0 Å². The van der Waals surface area contributed by atoms with Crippen molar-refractivity contribution >= 4 is 5.84 Å². The van der Waals surface area contributed by atoms with Crippen LogP contribution in [0, 0.1) is 6.92 Å². The molecule has 11 heavy (non-hydrogen) atoms. The summed E-state index contributed by atoms with van der Waals surface area (Å²) >= 11 is 0. The number of hydrogen-bond donors (Lipinski definition) is 2. The molecule has 0 unspecified atom stereocenters. The second-order valence-electron chi connectivity index (χ2n) is 2.04. The van der Waals surface area contributed by atoms with E-state index in [4.69, 9.17) is 10.4 Å². The first-order valence-corrected chi connectivity index (χ1v) is 3.15. The van der Waals surface area contributed by atoms with Crippen LogP contribution in [0.4, 0.5) is 0 Å². The van der Waals surface area contributed by atoms with E-state index in [1.165, 1.54) is 0 Å². The van der Waals surface area contributed by atoms with Gasteiger partial charge in [0.1, 0.15) is 11.5 Å². The van der Waals surface area contributed by atoms with Crippen LogP contribution in [0.5, 0.6) is 0 Å². The van der Waals surface area contributed by atoms with Gasteiger partial charge in [0.2, 0.25) is 0 Å². The van der Waals surface area contributed by atoms with Crippen molar-refractivity contribution in [3.05, 3.63) is 17.5 Å². The third-order valence-electron chi connectivity index (χ3n) is 1.23. The molecule has 0 aliphatic rings. The number of amidine groups is 1. The van der Waals surface area contributed by atoms with Gasteiger partial charge in [0.15, 0.2) is 5.84 Å². The van der Waals surface area contributed by atoms with Gasteiger partial charge in [-0.1, -0.05) is 5.16 Å². The second kappa shape index (κ2) is 3.16. The minimum absolute atomic E-state index is 0.516. The molecule has 3 N–H and O–H groups in total. The summed E-state index contributed by atoms with van der Waals surface area (Å²) in [4.78, 5) is 3.85. The van der Waals surface area contributed by atoms with E-state index < -0.39 is 0 Å². The maximum absolute atomic E-state index is 5.16. The van der Waals surface area contributed by atoms with Crippen molar-refractivity contribution in [2.75, 3.05) is 7.05 Å². The zero-order valence-corrected chi connectivity index (χ0v) is 6.46. The van der Waals surface area contributed by atoms with E-state index in [9.17, 15) is 0 Å². The van der Waals surface area contributed by atoms with Crippen LogP contribution in [-0.2, 0) is 0 Å². The molecule has 1 aromatic heterocycles. The molecule has 0 fully saturated rings. The van der Waals surface area contributed by atoms with Gasteiger partial charge in [-0.2, -0.15) is 0 Å². The molecule has 5 nitrogen and oxygen atoms in total. The average Bonchev–Trinajstić information content (AvgIpc) is 2.39. The SMILES string of the molecule is CN=C(NN)c1cc(C)on1. The molecule has 1 rings (SSSR count). The Morgan fingerprint density at radius 2 is 2.55 bits per heavy atom. The Labute approximate surface area is 64.2 Å². The minimum Gasteiger partial charge on any atom is -0.361 e. The zero-order valence-electron chi connectivity index (χ0n) is 6.46. The summed E-state index contributed by atoms with van der Waals surface area (Å²) in [5, 5.41) is 3.71. The summed E-state index contributed by atoms with van der Waals surface area (Å²) < 4.78 is 4.82. The molecule has 60 valence electrons. The molecule has 0 aromatic carbocycles. The molecule has 0 saturated heterocycles. The van der Waals surface area contributed by atoms with Crippen LogP contribution < -0.4 is 11.3 Å². The Kier molecular flexibility index (Phi) is 2.22. The summed E-state index contributed by atoms with van der Waals surface area (Å²) in [7, 11) is 1.62. The maximum atomic E-state index is 5.16. The number of aromatic nitrogens is 1. The number of nitrogens with two attached hydrogens (primary N) is 1. The topological polar surface area (TPSA) is 76.4 Å². The zero-order chi connectivity index (χ0) is 8.27. The fourth-order valence-corrected chi connectivity index (χ4v) is 0.731. The predicted octanol–water partition coefficient (Wildman–Crippen LogP) is -0.177. The maximum Gasteiger partial charge on any atom is 0.164 e. The lowest BCUT2D eigenvalue weighted by molar-refractivity contribution is 0.396. The lowest BCUT2D eigenvalue weighted by Gasteiger charge is -1.96. The molecule has 0 saturated carbocycles. The minimum atomic E-state index is 0.516. The van der Waals surface area contributed by atoms with Crippen LogP contribution in [0.3, 0.4) is 0 Å². The van der Waals surface area contributed by atoms with E-state index in [0.717, 1.165) is 5.76 Å².